The summed E-state index contributed by atoms with van der Waals surface area (Å²) in [4.78, 5) is 17.2. The zero-order valence-corrected chi connectivity index (χ0v) is 9.62. The molecule has 0 aliphatic carbocycles. The van der Waals surface area contributed by atoms with Gasteiger partial charge in [0.25, 0.3) is 0 Å². The van der Waals surface area contributed by atoms with Gasteiger partial charge in [0.15, 0.2) is 5.13 Å². The maximum absolute atomic E-state index is 11.7. The maximum atomic E-state index is 11.7. The summed E-state index contributed by atoms with van der Waals surface area (Å²) in [6, 6.07) is -0.173. The Kier molecular flexibility index (Phi) is 4.05. The fourth-order valence-corrected chi connectivity index (χ4v) is 1.61. The first-order valence-corrected chi connectivity index (χ1v) is 5.49. The van der Waals surface area contributed by atoms with E-state index < -0.39 is 0 Å². The van der Waals surface area contributed by atoms with E-state index in [1.165, 1.54) is 16.2 Å². The van der Waals surface area contributed by atoms with Crippen LogP contribution in [-0.4, -0.2) is 40.6 Å². The molecule has 0 bridgehead atoms. The number of aliphatic hydroxyl groups is 1. The van der Waals surface area contributed by atoms with E-state index in [0.717, 1.165) is 0 Å². The molecule has 6 heteroatoms. The number of aliphatic hydroxyl groups excluding tert-OH is 1. The van der Waals surface area contributed by atoms with Crippen LogP contribution in [0.2, 0.25) is 0 Å². The summed E-state index contributed by atoms with van der Waals surface area (Å²) in [6.45, 7) is 1.74. The van der Waals surface area contributed by atoms with E-state index >= 15 is 0 Å². The Morgan fingerprint density at radius 3 is 2.93 bits per heavy atom. The second kappa shape index (κ2) is 5.09. The highest BCUT2D eigenvalue weighted by Gasteiger charge is 2.16. The number of nitrogens with zero attached hydrogens (tertiary/aromatic N) is 2. The lowest BCUT2D eigenvalue weighted by molar-refractivity contribution is -0.131. The number of thiazole rings is 1. The van der Waals surface area contributed by atoms with Crippen LogP contribution in [0.1, 0.15) is 12.6 Å². The normalized spacial score (nSPS) is 12.5. The molecule has 0 aromatic carbocycles. The fourth-order valence-electron chi connectivity index (χ4n) is 1.05. The first-order chi connectivity index (χ1) is 7.04. The summed E-state index contributed by atoms with van der Waals surface area (Å²) in [5.41, 5.74) is 6.14. The third-order valence-corrected chi connectivity index (χ3v) is 2.94. The molecule has 3 N–H and O–H groups in total. The molecule has 5 nitrogen and oxygen atoms in total. The van der Waals surface area contributed by atoms with Gasteiger partial charge >= 0.3 is 0 Å². The number of anilines is 1. The van der Waals surface area contributed by atoms with Crippen LogP contribution in [0, 0.1) is 0 Å². The van der Waals surface area contributed by atoms with Crippen molar-refractivity contribution in [3.63, 3.8) is 0 Å². The monoisotopic (exact) mass is 229 g/mol. The van der Waals surface area contributed by atoms with Gasteiger partial charge in [-0.05, 0) is 6.92 Å². The van der Waals surface area contributed by atoms with Crippen LogP contribution < -0.4 is 5.73 Å². The number of nitrogen functional groups attached to an aromatic ring is 1. The number of aromatic nitrogens is 1. The largest absolute Gasteiger partial charge is 0.394 e. The van der Waals surface area contributed by atoms with Crippen molar-refractivity contribution in [2.45, 2.75) is 19.4 Å². The molecule has 0 aliphatic rings. The van der Waals surface area contributed by atoms with Crippen molar-refractivity contribution < 1.29 is 9.90 Å². The van der Waals surface area contributed by atoms with E-state index in [2.05, 4.69) is 4.98 Å². The Bertz CT molecular complexity index is 340. The topological polar surface area (TPSA) is 79.5 Å². The quantitative estimate of drug-likeness (QED) is 0.768. The van der Waals surface area contributed by atoms with Crippen LogP contribution in [0.3, 0.4) is 0 Å². The van der Waals surface area contributed by atoms with Gasteiger partial charge in [-0.1, -0.05) is 0 Å². The molecule has 0 aliphatic heterocycles. The molecule has 1 amide bonds. The molecule has 0 saturated carbocycles. The molecule has 1 aromatic heterocycles. The van der Waals surface area contributed by atoms with Crippen molar-refractivity contribution >= 4 is 22.4 Å². The molecule has 0 saturated heterocycles. The Balaban J connectivity index is 2.55. The predicted octanol–water partition coefficient (Wildman–Crippen LogP) is 0.107. The average Bonchev–Trinajstić information content (AvgIpc) is 2.61. The van der Waals surface area contributed by atoms with Crippen molar-refractivity contribution in [3.05, 3.63) is 11.1 Å². The number of rotatable bonds is 4. The number of hydrogen-bond donors (Lipinski definition) is 2. The average molecular weight is 229 g/mol. The summed E-state index contributed by atoms with van der Waals surface area (Å²) in [5.74, 6) is -0.0677. The van der Waals surface area contributed by atoms with Gasteiger partial charge in [-0.2, -0.15) is 0 Å². The van der Waals surface area contributed by atoms with Gasteiger partial charge in [-0.3, -0.25) is 4.79 Å². The van der Waals surface area contributed by atoms with Gasteiger partial charge in [-0.15, -0.1) is 11.3 Å². The summed E-state index contributed by atoms with van der Waals surface area (Å²) >= 11 is 1.32. The molecule has 1 heterocycles. The van der Waals surface area contributed by atoms with Gasteiger partial charge < -0.3 is 15.7 Å². The molecule has 1 aromatic rings. The Morgan fingerprint density at radius 2 is 2.47 bits per heavy atom. The van der Waals surface area contributed by atoms with Crippen molar-refractivity contribution in [2.75, 3.05) is 19.4 Å². The van der Waals surface area contributed by atoms with Crippen LogP contribution in [0.5, 0.6) is 0 Å². The van der Waals surface area contributed by atoms with E-state index in [0.29, 0.717) is 10.8 Å². The highest BCUT2D eigenvalue weighted by molar-refractivity contribution is 7.13. The third kappa shape index (κ3) is 3.17. The van der Waals surface area contributed by atoms with Gasteiger partial charge in [0.2, 0.25) is 5.91 Å². The molecular formula is C9H15N3O2S. The van der Waals surface area contributed by atoms with E-state index in [1.54, 1.807) is 19.4 Å². The maximum Gasteiger partial charge on any atom is 0.228 e. The van der Waals surface area contributed by atoms with Gasteiger partial charge in [-0.25, -0.2) is 4.98 Å². The lowest BCUT2D eigenvalue weighted by Crippen LogP contribution is -2.38. The van der Waals surface area contributed by atoms with Crippen molar-refractivity contribution in [1.29, 1.82) is 0 Å². The molecule has 1 atom stereocenters. The SMILES string of the molecule is CC(CO)N(C)C(=O)Cc1csc(N)n1. The minimum absolute atomic E-state index is 0.0402. The predicted molar refractivity (Wildman–Crippen MR) is 59.5 cm³/mol. The molecule has 0 fully saturated rings. The second-order valence-electron chi connectivity index (χ2n) is 3.39. The van der Waals surface area contributed by atoms with Crippen LogP contribution in [0.25, 0.3) is 0 Å². The number of amides is 1. The highest BCUT2D eigenvalue weighted by Crippen LogP contribution is 2.12. The first-order valence-electron chi connectivity index (χ1n) is 4.61. The van der Waals surface area contributed by atoms with E-state index in [-0.39, 0.29) is 25.0 Å². The van der Waals surface area contributed by atoms with Crippen molar-refractivity contribution in [3.8, 4) is 0 Å². The second-order valence-corrected chi connectivity index (χ2v) is 4.28. The van der Waals surface area contributed by atoms with Crippen LogP contribution in [-0.2, 0) is 11.2 Å². The van der Waals surface area contributed by atoms with Gasteiger partial charge in [0.05, 0.1) is 24.8 Å². The zero-order chi connectivity index (χ0) is 11.4. The molecule has 84 valence electrons. The Morgan fingerprint density at radius 1 is 1.80 bits per heavy atom. The minimum Gasteiger partial charge on any atom is -0.394 e. The number of likely N-dealkylation sites (N-methyl/N-ethyl adjacent to an activating group) is 1. The number of nitrogens with two attached hydrogens (primary N) is 1. The molecule has 0 spiro atoms. The van der Waals surface area contributed by atoms with E-state index in [9.17, 15) is 4.79 Å². The standard InChI is InChI=1S/C9H15N3O2S/c1-6(4-13)12(2)8(14)3-7-5-15-9(10)11-7/h5-6,13H,3-4H2,1-2H3,(H2,10,11). The fraction of sp³-hybridized carbons (Fsp3) is 0.556. The van der Waals surface area contributed by atoms with Gasteiger partial charge in [0, 0.05) is 12.4 Å². The van der Waals surface area contributed by atoms with Crippen LogP contribution in [0.4, 0.5) is 5.13 Å². The summed E-state index contributed by atoms with van der Waals surface area (Å²) in [7, 11) is 1.67. The van der Waals surface area contributed by atoms with Crippen molar-refractivity contribution in [2.24, 2.45) is 0 Å². The van der Waals surface area contributed by atoms with E-state index in [1.807, 2.05) is 0 Å². The van der Waals surface area contributed by atoms with E-state index in [4.69, 9.17) is 10.8 Å². The van der Waals surface area contributed by atoms with Crippen molar-refractivity contribution in [1.82, 2.24) is 9.88 Å². The Hall–Kier alpha value is -1.14. The van der Waals surface area contributed by atoms with Crippen LogP contribution >= 0.6 is 11.3 Å². The summed E-state index contributed by atoms with van der Waals surface area (Å²) in [5, 5.41) is 11.1. The number of carbonyl (C=O) groups excluding carboxylic acids is 1. The molecule has 1 rings (SSSR count). The summed E-state index contributed by atoms with van der Waals surface area (Å²) in [6.07, 6.45) is 0.231. The number of carbonyl (C=O) groups is 1. The molecular weight excluding hydrogens is 214 g/mol. The zero-order valence-electron chi connectivity index (χ0n) is 8.80. The van der Waals surface area contributed by atoms with Gasteiger partial charge in [0.1, 0.15) is 0 Å². The lowest BCUT2D eigenvalue weighted by atomic mass is 10.2. The minimum atomic E-state index is -0.173. The Labute approximate surface area is 92.5 Å². The number of hydrogen-bond acceptors (Lipinski definition) is 5. The summed E-state index contributed by atoms with van der Waals surface area (Å²) < 4.78 is 0. The molecule has 1 unspecified atom stereocenters. The molecule has 15 heavy (non-hydrogen) atoms. The van der Waals surface area contributed by atoms with Crippen LogP contribution in [0.15, 0.2) is 5.38 Å². The first kappa shape index (κ1) is 11.9. The lowest BCUT2D eigenvalue weighted by Gasteiger charge is -2.22. The smallest absolute Gasteiger partial charge is 0.228 e. The highest BCUT2D eigenvalue weighted by atomic mass is 32.1. The molecule has 0 radical (unpaired) electrons. The third-order valence-electron chi connectivity index (χ3n) is 2.22.